The van der Waals surface area contributed by atoms with Gasteiger partial charge in [-0.25, -0.2) is 9.59 Å². The second-order valence-corrected chi connectivity index (χ2v) is 8.20. The van der Waals surface area contributed by atoms with E-state index in [9.17, 15) is 31.1 Å². The fourth-order valence-electron chi connectivity index (χ4n) is 3.44. The van der Waals surface area contributed by atoms with Gasteiger partial charge in [0.2, 0.25) is 5.91 Å². The summed E-state index contributed by atoms with van der Waals surface area (Å²) in [4.78, 5) is 39.1. The second kappa shape index (κ2) is 11.5. The molecule has 0 radical (unpaired) electrons. The Balaban J connectivity index is 0.000000257. The van der Waals surface area contributed by atoms with Crippen molar-refractivity contribution in [3.63, 3.8) is 0 Å². The first-order valence-electron chi connectivity index (χ1n) is 9.76. The molecule has 0 unspecified atom stereocenters. The van der Waals surface area contributed by atoms with E-state index in [2.05, 4.69) is 15.3 Å². The van der Waals surface area contributed by atoms with E-state index in [0.29, 0.717) is 11.8 Å². The number of fused-ring (bicyclic) bond motifs is 1. The number of carboxylic acid groups (broad SMARTS) is 2. The second-order valence-electron chi connectivity index (χ2n) is 7.42. The fraction of sp³-hybridized carbons (Fsp3) is 0.400. The molecular weight excluding hydrogens is 508 g/mol. The third-order valence-electron chi connectivity index (χ3n) is 4.93. The first-order chi connectivity index (χ1) is 16.2. The largest absolute Gasteiger partial charge is 0.490 e. The highest BCUT2D eigenvalue weighted by molar-refractivity contribution is 7.08. The van der Waals surface area contributed by atoms with Gasteiger partial charge in [0.25, 0.3) is 0 Å². The lowest BCUT2D eigenvalue weighted by molar-refractivity contribution is -0.193. The van der Waals surface area contributed by atoms with Crippen molar-refractivity contribution in [3.8, 4) is 0 Å². The fourth-order valence-corrected chi connectivity index (χ4v) is 4.09. The van der Waals surface area contributed by atoms with Gasteiger partial charge in [0, 0.05) is 43.7 Å². The van der Waals surface area contributed by atoms with E-state index in [0.717, 1.165) is 37.6 Å². The summed E-state index contributed by atoms with van der Waals surface area (Å²) in [6.45, 7) is 3.56. The van der Waals surface area contributed by atoms with Gasteiger partial charge in [-0.15, -0.1) is 0 Å². The number of thiophene rings is 1. The highest BCUT2D eigenvalue weighted by Crippen LogP contribution is 2.36. The summed E-state index contributed by atoms with van der Waals surface area (Å²) >= 11 is 1.65. The summed E-state index contributed by atoms with van der Waals surface area (Å²) in [6.07, 6.45) is -8.34. The average molecular weight is 527 g/mol. The number of aromatic nitrogens is 1. The lowest BCUT2D eigenvalue weighted by Crippen LogP contribution is -2.32. The van der Waals surface area contributed by atoms with Crippen LogP contribution in [0.2, 0.25) is 0 Å². The van der Waals surface area contributed by atoms with Crippen LogP contribution in [0.15, 0.2) is 41.2 Å². The number of nitrogens with zero attached hydrogens (tertiary/aromatic N) is 3. The number of carboxylic acids is 2. The van der Waals surface area contributed by atoms with E-state index in [-0.39, 0.29) is 5.92 Å². The van der Waals surface area contributed by atoms with Gasteiger partial charge in [-0.05, 0) is 23.6 Å². The molecule has 2 N–H and O–H groups in total. The van der Waals surface area contributed by atoms with E-state index < -0.39 is 24.3 Å². The summed E-state index contributed by atoms with van der Waals surface area (Å²) < 4.78 is 63.5. The van der Waals surface area contributed by atoms with Crippen molar-refractivity contribution in [2.24, 2.45) is 11.8 Å². The maximum Gasteiger partial charge on any atom is 0.490 e. The summed E-state index contributed by atoms with van der Waals surface area (Å²) in [5, 5.41) is 18.3. The van der Waals surface area contributed by atoms with Gasteiger partial charge in [-0.2, -0.15) is 37.7 Å². The van der Waals surface area contributed by atoms with E-state index in [1.165, 1.54) is 0 Å². The summed E-state index contributed by atoms with van der Waals surface area (Å²) in [5.74, 6) is -4.60. The molecule has 0 aliphatic carbocycles. The Morgan fingerprint density at radius 2 is 1.60 bits per heavy atom. The molecule has 2 aromatic rings. The Morgan fingerprint density at radius 3 is 2.03 bits per heavy atom. The number of pyridine rings is 1. The number of likely N-dealkylation sites (tertiary alicyclic amines) is 1. The molecule has 8 nitrogen and oxygen atoms in total. The number of halogens is 6. The minimum atomic E-state index is -5.08. The van der Waals surface area contributed by atoms with Crippen LogP contribution in [0.5, 0.6) is 0 Å². The van der Waals surface area contributed by atoms with E-state index in [1.54, 1.807) is 11.3 Å². The Kier molecular flexibility index (Phi) is 9.20. The molecule has 192 valence electrons. The van der Waals surface area contributed by atoms with Crippen LogP contribution in [0.3, 0.4) is 0 Å². The third kappa shape index (κ3) is 8.20. The van der Waals surface area contributed by atoms with Crippen LogP contribution in [0.25, 0.3) is 0 Å². The van der Waals surface area contributed by atoms with Crippen molar-refractivity contribution in [1.82, 2.24) is 9.88 Å². The molecule has 2 fully saturated rings. The number of aliphatic carboxylic acids is 2. The van der Waals surface area contributed by atoms with E-state index in [1.807, 2.05) is 40.7 Å². The van der Waals surface area contributed by atoms with E-state index >= 15 is 0 Å². The van der Waals surface area contributed by atoms with Gasteiger partial charge in [-0.1, -0.05) is 6.07 Å². The number of rotatable bonds is 3. The maximum absolute atomic E-state index is 12.6. The van der Waals surface area contributed by atoms with Crippen LogP contribution in [0, 0.1) is 11.8 Å². The number of hydrogen-bond acceptors (Lipinski definition) is 6. The minimum Gasteiger partial charge on any atom is -0.475 e. The quantitative estimate of drug-likeness (QED) is 0.588. The zero-order valence-electron chi connectivity index (χ0n) is 17.7. The van der Waals surface area contributed by atoms with Crippen LogP contribution in [0.4, 0.5) is 32.0 Å². The molecule has 35 heavy (non-hydrogen) atoms. The molecule has 0 bridgehead atoms. The minimum absolute atomic E-state index is 0.161. The molecule has 2 aliphatic rings. The van der Waals surface area contributed by atoms with Gasteiger partial charge < -0.3 is 15.1 Å². The van der Waals surface area contributed by atoms with Crippen LogP contribution >= 0.6 is 11.3 Å². The number of amides is 1. The molecule has 0 saturated carbocycles. The van der Waals surface area contributed by atoms with Crippen molar-refractivity contribution in [2.75, 3.05) is 24.5 Å². The van der Waals surface area contributed by atoms with Gasteiger partial charge >= 0.3 is 24.3 Å². The summed E-state index contributed by atoms with van der Waals surface area (Å²) in [5.41, 5.74) is 2.15. The molecule has 0 spiro atoms. The van der Waals surface area contributed by atoms with Gasteiger partial charge in [-0.3, -0.25) is 14.7 Å². The van der Waals surface area contributed by atoms with Crippen molar-refractivity contribution >= 4 is 34.9 Å². The SMILES string of the molecule is O=C(O)C(F)(F)F.O=C(O)C(F)(F)F.O=C1[C@H]2CN(Cc3ccccn3)C[C@H]2CN1c1ccsc1. The predicted octanol–water partition coefficient (Wildman–Crippen LogP) is 3.50. The standard InChI is InChI=1S/C16H17N3OS.2C2HF3O2/c20-16-15-10-18(9-13-3-1-2-5-17-13)7-12(15)8-19(16)14-4-6-21-11-14;2*3-2(4,5)1(6)7/h1-6,11-12,15H,7-10H2;2*(H,6,7)/t12-,15-;;/m0../s1. The van der Waals surface area contributed by atoms with Crippen LogP contribution in [0.1, 0.15) is 5.69 Å². The van der Waals surface area contributed by atoms with E-state index in [4.69, 9.17) is 19.8 Å². The Bertz CT molecular complexity index is 977. The molecule has 2 aliphatic heterocycles. The molecule has 0 aromatic carbocycles. The number of alkyl halides is 6. The van der Waals surface area contributed by atoms with Gasteiger partial charge in [0.15, 0.2) is 0 Å². The molecular formula is C20H19F6N3O5S. The monoisotopic (exact) mass is 527 g/mol. The molecule has 2 saturated heterocycles. The topological polar surface area (TPSA) is 111 Å². The highest BCUT2D eigenvalue weighted by Gasteiger charge is 2.46. The Hall–Kier alpha value is -3.20. The third-order valence-corrected chi connectivity index (χ3v) is 5.60. The maximum atomic E-state index is 12.6. The van der Waals surface area contributed by atoms with Crippen molar-refractivity contribution < 1.29 is 50.9 Å². The molecule has 15 heteroatoms. The Labute approximate surface area is 198 Å². The molecule has 2 atom stereocenters. The first-order valence-corrected chi connectivity index (χ1v) is 10.7. The molecule has 4 heterocycles. The summed E-state index contributed by atoms with van der Waals surface area (Å²) in [7, 11) is 0. The van der Waals surface area contributed by atoms with Crippen molar-refractivity contribution in [1.29, 1.82) is 0 Å². The van der Waals surface area contributed by atoms with Crippen molar-refractivity contribution in [2.45, 2.75) is 18.9 Å². The highest BCUT2D eigenvalue weighted by atomic mass is 32.1. The average Bonchev–Trinajstić information content (AvgIpc) is 3.47. The van der Waals surface area contributed by atoms with Crippen LogP contribution in [-0.4, -0.2) is 69.9 Å². The molecule has 1 amide bonds. The molecule has 4 rings (SSSR count). The number of hydrogen-bond donors (Lipinski definition) is 2. The van der Waals surface area contributed by atoms with Crippen LogP contribution in [-0.2, 0) is 20.9 Å². The smallest absolute Gasteiger partial charge is 0.475 e. The van der Waals surface area contributed by atoms with Gasteiger partial charge in [0.1, 0.15) is 0 Å². The number of carbonyl (C=O) groups is 3. The normalized spacial score (nSPS) is 19.8. The first kappa shape index (κ1) is 28.0. The zero-order chi connectivity index (χ0) is 26.4. The van der Waals surface area contributed by atoms with Crippen LogP contribution < -0.4 is 4.90 Å². The Morgan fingerprint density at radius 1 is 1.00 bits per heavy atom. The number of carbonyl (C=O) groups excluding carboxylic acids is 1. The predicted molar refractivity (Wildman–Crippen MR) is 111 cm³/mol. The number of anilines is 1. The van der Waals surface area contributed by atoms with Crippen molar-refractivity contribution in [3.05, 3.63) is 46.9 Å². The molecule has 2 aromatic heterocycles. The lowest BCUT2D eigenvalue weighted by Gasteiger charge is -2.20. The zero-order valence-corrected chi connectivity index (χ0v) is 18.5. The lowest BCUT2D eigenvalue weighted by atomic mass is 10.0. The van der Waals surface area contributed by atoms with Gasteiger partial charge in [0.05, 0.1) is 17.3 Å². The summed E-state index contributed by atoms with van der Waals surface area (Å²) in [6, 6.07) is 8.04.